The van der Waals surface area contributed by atoms with Crippen molar-refractivity contribution in [3.63, 3.8) is 0 Å². The zero-order chi connectivity index (χ0) is 5.98. The molecule has 1 rings (SSSR count). The topological polar surface area (TPSA) is 23.9 Å². The van der Waals surface area contributed by atoms with Gasteiger partial charge in [0.25, 0.3) is 0 Å². The van der Waals surface area contributed by atoms with Crippen molar-refractivity contribution in [2.75, 3.05) is 6.26 Å². The highest BCUT2D eigenvalue weighted by molar-refractivity contribution is 7.85. The molecule has 8 heavy (non-hydrogen) atoms. The maximum atomic E-state index is 7.27. The molecule has 0 aromatic carbocycles. The van der Waals surface area contributed by atoms with Crippen molar-refractivity contribution < 1.29 is 0 Å². The van der Waals surface area contributed by atoms with Crippen LogP contribution >= 0.6 is 11.3 Å². The molecule has 44 valence electrons. The molecule has 3 heteroatoms. The molecular weight excluding hydrogens is 138 g/mol. The van der Waals surface area contributed by atoms with E-state index in [4.69, 9.17) is 4.78 Å². The Bertz CT molecular complexity index is 178. The fourth-order valence-electron chi connectivity index (χ4n) is 0.426. The molecule has 0 aliphatic rings. The summed E-state index contributed by atoms with van der Waals surface area (Å²) in [7, 11) is -0.287. The van der Waals surface area contributed by atoms with Gasteiger partial charge in [0.15, 0.2) is 0 Å². The summed E-state index contributed by atoms with van der Waals surface area (Å²) in [6.07, 6.45) is 1.90. The quantitative estimate of drug-likeness (QED) is 0.626. The van der Waals surface area contributed by atoms with E-state index in [0.717, 1.165) is 4.90 Å². The molecule has 0 saturated heterocycles. The molecule has 0 fully saturated rings. The number of thiophene rings is 1. The molecule has 1 aromatic heterocycles. The summed E-state index contributed by atoms with van der Waals surface area (Å²) in [4.78, 5) is 1.15. The van der Waals surface area contributed by atoms with E-state index in [2.05, 4.69) is 0 Å². The zero-order valence-electron chi connectivity index (χ0n) is 4.55. The first-order valence-electron chi connectivity index (χ1n) is 2.20. The highest BCUT2D eigenvalue weighted by atomic mass is 32.2. The van der Waals surface area contributed by atoms with Crippen LogP contribution in [0.3, 0.4) is 0 Å². The molecule has 1 aromatic rings. The van der Waals surface area contributed by atoms with Gasteiger partial charge in [0.05, 0.1) is 0 Å². The highest BCUT2D eigenvalue weighted by Crippen LogP contribution is 2.08. The van der Waals surface area contributed by atoms with Gasteiger partial charge in [-0.1, -0.05) is 10.7 Å². The van der Waals surface area contributed by atoms with Crippen LogP contribution in [0.25, 0.3) is 0 Å². The molecule has 0 bridgehead atoms. The molecule has 1 heterocycles. The molecule has 0 amide bonds. The van der Waals surface area contributed by atoms with Crippen LogP contribution in [0, 0.1) is 4.78 Å². The van der Waals surface area contributed by atoms with E-state index in [1.165, 1.54) is 0 Å². The van der Waals surface area contributed by atoms with Crippen molar-refractivity contribution in [3.05, 3.63) is 16.8 Å². The lowest BCUT2D eigenvalue weighted by atomic mass is 10.7. The Morgan fingerprint density at radius 3 is 2.75 bits per heavy atom. The van der Waals surface area contributed by atoms with Crippen LogP contribution < -0.4 is 0 Å². The molecule has 0 radical (unpaired) electrons. The molecule has 0 saturated carbocycles. The van der Waals surface area contributed by atoms with Crippen molar-refractivity contribution in [2.24, 2.45) is 0 Å². The fraction of sp³-hybridized carbons (Fsp3) is 0.200. The standard InChI is InChI=1S/C5H7NS2/c1-8(6)5-2-3-7-4-5/h2-4,6H,1H3. The largest absolute Gasteiger partial charge is 0.276 e. The maximum absolute atomic E-state index is 7.27. The zero-order valence-corrected chi connectivity index (χ0v) is 6.18. The van der Waals surface area contributed by atoms with Gasteiger partial charge in [0.1, 0.15) is 0 Å². The Balaban J connectivity index is 2.93. The summed E-state index contributed by atoms with van der Waals surface area (Å²) in [5, 5.41) is 4.03. The summed E-state index contributed by atoms with van der Waals surface area (Å²) < 4.78 is 7.27. The average Bonchev–Trinajstić information content (AvgIpc) is 2.12. The van der Waals surface area contributed by atoms with Crippen LogP contribution in [-0.4, -0.2) is 6.26 Å². The number of hydrogen-bond donors (Lipinski definition) is 1. The first-order chi connectivity index (χ1) is 3.80. The number of hydrogen-bond acceptors (Lipinski definition) is 2. The molecule has 1 atom stereocenters. The van der Waals surface area contributed by atoms with Crippen molar-refractivity contribution in [1.82, 2.24) is 0 Å². The maximum Gasteiger partial charge on any atom is 0.0285 e. The van der Waals surface area contributed by atoms with Crippen LogP contribution in [0.2, 0.25) is 0 Å². The predicted molar refractivity (Wildman–Crippen MR) is 38.6 cm³/mol. The van der Waals surface area contributed by atoms with Gasteiger partial charge >= 0.3 is 0 Å². The molecular formula is C5H7NS2. The minimum atomic E-state index is -0.287. The minimum absolute atomic E-state index is 0.287. The average molecular weight is 145 g/mol. The van der Waals surface area contributed by atoms with Gasteiger partial charge in [-0.3, -0.25) is 4.78 Å². The van der Waals surface area contributed by atoms with Gasteiger partial charge in [0, 0.05) is 10.3 Å². The van der Waals surface area contributed by atoms with Crippen LogP contribution in [0.5, 0.6) is 0 Å². The van der Waals surface area contributed by atoms with Gasteiger partial charge < -0.3 is 0 Å². The summed E-state index contributed by atoms with van der Waals surface area (Å²) in [6.45, 7) is 0. The summed E-state index contributed by atoms with van der Waals surface area (Å²) in [6, 6.07) is 2.00. The van der Waals surface area contributed by atoms with Gasteiger partial charge in [-0.25, -0.2) is 0 Å². The van der Waals surface area contributed by atoms with E-state index in [1.54, 1.807) is 11.3 Å². The van der Waals surface area contributed by atoms with Crippen molar-refractivity contribution >= 4 is 22.0 Å². The summed E-state index contributed by atoms with van der Waals surface area (Å²) >= 11 is 1.65. The lowest BCUT2D eigenvalue weighted by molar-refractivity contribution is 1.52. The fourth-order valence-corrected chi connectivity index (χ4v) is 2.04. The SMILES string of the molecule is CS(=N)c1ccsc1. The Labute approximate surface area is 55.3 Å². The molecule has 0 aliphatic heterocycles. The monoisotopic (exact) mass is 145 g/mol. The molecule has 1 unspecified atom stereocenters. The molecule has 1 N–H and O–H groups in total. The van der Waals surface area contributed by atoms with Gasteiger partial charge in [0.2, 0.25) is 0 Å². The predicted octanol–water partition coefficient (Wildman–Crippen LogP) is 2.12. The molecule has 0 aliphatic carbocycles. The van der Waals surface area contributed by atoms with E-state index in [1.807, 2.05) is 23.1 Å². The highest BCUT2D eigenvalue weighted by Gasteiger charge is 1.88. The minimum Gasteiger partial charge on any atom is -0.276 e. The van der Waals surface area contributed by atoms with Gasteiger partial charge in [-0.15, -0.1) is 0 Å². The lowest BCUT2D eigenvalue weighted by Gasteiger charge is -1.87. The van der Waals surface area contributed by atoms with E-state index in [-0.39, 0.29) is 10.7 Å². The molecule has 1 nitrogen and oxygen atoms in total. The molecule has 0 spiro atoms. The number of nitrogens with one attached hydrogen (secondary N) is 1. The second-order valence-electron chi connectivity index (χ2n) is 1.47. The summed E-state index contributed by atoms with van der Waals surface area (Å²) in [5.41, 5.74) is 0. The van der Waals surface area contributed by atoms with Crippen molar-refractivity contribution in [2.45, 2.75) is 4.90 Å². The van der Waals surface area contributed by atoms with E-state index >= 15 is 0 Å². The van der Waals surface area contributed by atoms with Crippen LogP contribution in [0.15, 0.2) is 21.7 Å². The third-order valence-electron chi connectivity index (χ3n) is 0.849. The Kier molecular flexibility index (Phi) is 1.81. The van der Waals surface area contributed by atoms with E-state index in [9.17, 15) is 0 Å². The van der Waals surface area contributed by atoms with Crippen molar-refractivity contribution in [1.29, 1.82) is 4.78 Å². The second-order valence-corrected chi connectivity index (χ2v) is 3.74. The first kappa shape index (κ1) is 5.98. The van der Waals surface area contributed by atoms with Gasteiger partial charge in [-0.2, -0.15) is 11.3 Å². The Morgan fingerprint density at radius 2 is 2.50 bits per heavy atom. The number of rotatable bonds is 1. The first-order valence-corrected chi connectivity index (χ1v) is 4.77. The third-order valence-corrected chi connectivity index (χ3v) is 2.64. The Hall–Kier alpha value is -0.150. The van der Waals surface area contributed by atoms with Crippen LogP contribution in [0.1, 0.15) is 0 Å². The third kappa shape index (κ3) is 1.17. The summed E-state index contributed by atoms with van der Waals surface area (Å²) in [5.74, 6) is 0. The Morgan fingerprint density at radius 1 is 1.75 bits per heavy atom. The van der Waals surface area contributed by atoms with Gasteiger partial charge in [-0.05, 0) is 17.7 Å². The second kappa shape index (κ2) is 2.42. The smallest absolute Gasteiger partial charge is 0.0285 e. The van der Waals surface area contributed by atoms with E-state index < -0.39 is 0 Å². The normalized spacial score (nSPS) is 13.6. The van der Waals surface area contributed by atoms with Crippen LogP contribution in [-0.2, 0) is 10.7 Å². The van der Waals surface area contributed by atoms with E-state index in [0.29, 0.717) is 0 Å². The van der Waals surface area contributed by atoms with Crippen LogP contribution in [0.4, 0.5) is 0 Å². The lowest BCUT2D eigenvalue weighted by Crippen LogP contribution is -1.77. The van der Waals surface area contributed by atoms with Crippen molar-refractivity contribution in [3.8, 4) is 0 Å².